The third kappa shape index (κ3) is 6.31. The van der Waals surface area contributed by atoms with Crippen LogP contribution in [0, 0.1) is 12.8 Å². The third-order valence-electron chi connectivity index (χ3n) is 4.76. The van der Waals surface area contributed by atoms with Gasteiger partial charge in [-0.15, -0.1) is 0 Å². The fraction of sp³-hybridized carbons (Fsp3) is 0.524. The minimum Gasteiger partial charge on any atom is -0.493 e. The minimum atomic E-state index is 0.697. The summed E-state index contributed by atoms with van der Waals surface area (Å²) in [7, 11) is 3.75. The Hall–Kier alpha value is -2.50. The van der Waals surface area contributed by atoms with Crippen LogP contribution in [0.5, 0.6) is 5.75 Å². The molecule has 1 aliphatic carbocycles. The van der Waals surface area contributed by atoms with Crippen LogP contribution < -0.4 is 15.4 Å². The number of ether oxygens (including phenoxy) is 1. The van der Waals surface area contributed by atoms with E-state index in [1.54, 1.807) is 7.05 Å². The van der Waals surface area contributed by atoms with Crippen molar-refractivity contribution in [3.8, 4) is 5.75 Å². The molecule has 3 rings (SSSR count). The van der Waals surface area contributed by atoms with E-state index in [-0.39, 0.29) is 0 Å². The molecule has 0 atom stereocenters. The van der Waals surface area contributed by atoms with Gasteiger partial charge in [-0.05, 0) is 55.7 Å². The van der Waals surface area contributed by atoms with Crippen LogP contribution >= 0.6 is 0 Å². The Morgan fingerprint density at radius 1 is 1.33 bits per heavy atom. The molecule has 146 valence electrons. The molecule has 1 aromatic carbocycles. The van der Waals surface area contributed by atoms with E-state index in [1.807, 2.05) is 17.9 Å². The Balaban J connectivity index is 1.44. The standard InChI is InChI=1S/C21H31N5O/c1-16-6-9-19(20(11-16)27-15-17-7-8-17)13-24-21(22-2)23-10-4-5-18-12-25-26(3)14-18/h6,9,11-12,14,17H,4-5,7-8,10,13,15H2,1-3H3,(H2,22,23,24). The maximum atomic E-state index is 6.05. The molecule has 2 aromatic rings. The third-order valence-corrected chi connectivity index (χ3v) is 4.76. The van der Waals surface area contributed by atoms with Crippen LogP contribution in [0.2, 0.25) is 0 Å². The molecule has 1 heterocycles. The molecule has 1 fully saturated rings. The van der Waals surface area contributed by atoms with E-state index in [2.05, 4.69) is 52.0 Å². The normalized spacial score (nSPS) is 14.3. The van der Waals surface area contributed by atoms with Gasteiger partial charge in [-0.25, -0.2) is 0 Å². The van der Waals surface area contributed by atoms with Gasteiger partial charge in [0.2, 0.25) is 0 Å². The van der Waals surface area contributed by atoms with Crippen LogP contribution in [-0.4, -0.2) is 35.9 Å². The monoisotopic (exact) mass is 369 g/mol. The van der Waals surface area contributed by atoms with Crippen LogP contribution in [0.3, 0.4) is 0 Å². The summed E-state index contributed by atoms with van der Waals surface area (Å²) in [5.74, 6) is 2.55. The molecule has 1 aromatic heterocycles. The molecule has 27 heavy (non-hydrogen) atoms. The molecule has 0 spiro atoms. The first-order valence-electron chi connectivity index (χ1n) is 9.78. The molecule has 0 amide bonds. The number of aryl methyl sites for hydroxylation is 3. The predicted molar refractivity (Wildman–Crippen MR) is 109 cm³/mol. The van der Waals surface area contributed by atoms with Gasteiger partial charge in [0.15, 0.2) is 5.96 Å². The zero-order valence-electron chi connectivity index (χ0n) is 16.7. The second-order valence-corrected chi connectivity index (χ2v) is 7.34. The molecule has 1 aliphatic rings. The van der Waals surface area contributed by atoms with Gasteiger partial charge in [0, 0.05) is 38.9 Å². The van der Waals surface area contributed by atoms with Crippen molar-refractivity contribution < 1.29 is 4.74 Å². The minimum absolute atomic E-state index is 0.697. The molecule has 6 nitrogen and oxygen atoms in total. The summed E-state index contributed by atoms with van der Waals surface area (Å²) in [6, 6.07) is 6.40. The van der Waals surface area contributed by atoms with E-state index < -0.39 is 0 Å². The van der Waals surface area contributed by atoms with E-state index in [0.29, 0.717) is 6.54 Å². The average molecular weight is 370 g/mol. The predicted octanol–water partition coefficient (Wildman–Crippen LogP) is 2.82. The molecule has 0 bridgehead atoms. The smallest absolute Gasteiger partial charge is 0.191 e. The molecule has 0 radical (unpaired) electrons. The van der Waals surface area contributed by atoms with Crippen LogP contribution in [0.4, 0.5) is 0 Å². The van der Waals surface area contributed by atoms with E-state index in [0.717, 1.165) is 43.6 Å². The highest BCUT2D eigenvalue weighted by Crippen LogP contribution is 2.30. The van der Waals surface area contributed by atoms with Gasteiger partial charge in [0.25, 0.3) is 0 Å². The van der Waals surface area contributed by atoms with Crippen molar-refractivity contribution in [2.45, 2.75) is 39.2 Å². The number of hydrogen-bond acceptors (Lipinski definition) is 3. The van der Waals surface area contributed by atoms with Crippen molar-refractivity contribution in [2.75, 3.05) is 20.2 Å². The Kier molecular flexibility index (Phi) is 6.74. The van der Waals surface area contributed by atoms with Crippen LogP contribution in [0.1, 0.15) is 36.0 Å². The van der Waals surface area contributed by atoms with E-state index in [9.17, 15) is 0 Å². The molecule has 0 unspecified atom stereocenters. The average Bonchev–Trinajstić information content (AvgIpc) is 3.40. The first-order valence-corrected chi connectivity index (χ1v) is 9.78. The highest BCUT2D eigenvalue weighted by molar-refractivity contribution is 5.79. The summed E-state index contributed by atoms with van der Waals surface area (Å²) >= 11 is 0. The van der Waals surface area contributed by atoms with Gasteiger partial charge in [-0.3, -0.25) is 9.67 Å². The van der Waals surface area contributed by atoms with E-state index in [4.69, 9.17) is 4.74 Å². The topological polar surface area (TPSA) is 63.5 Å². The first-order chi connectivity index (χ1) is 13.1. The molecule has 0 aliphatic heterocycles. The fourth-order valence-electron chi connectivity index (χ4n) is 2.93. The van der Waals surface area contributed by atoms with Crippen molar-refractivity contribution in [2.24, 2.45) is 18.0 Å². The number of nitrogens with zero attached hydrogens (tertiary/aromatic N) is 3. The molecule has 2 N–H and O–H groups in total. The molecular formula is C21H31N5O. The number of hydrogen-bond donors (Lipinski definition) is 2. The van der Waals surface area contributed by atoms with Crippen LogP contribution in [0.25, 0.3) is 0 Å². The Morgan fingerprint density at radius 2 is 2.19 bits per heavy atom. The van der Waals surface area contributed by atoms with Crippen molar-refractivity contribution in [3.05, 3.63) is 47.3 Å². The lowest BCUT2D eigenvalue weighted by molar-refractivity contribution is 0.296. The Morgan fingerprint density at radius 3 is 2.89 bits per heavy atom. The van der Waals surface area contributed by atoms with E-state index in [1.165, 1.54) is 29.5 Å². The number of rotatable bonds is 9. The van der Waals surface area contributed by atoms with Gasteiger partial charge in [0.1, 0.15) is 5.75 Å². The zero-order valence-corrected chi connectivity index (χ0v) is 16.7. The van der Waals surface area contributed by atoms with Crippen LogP contribution in [-0.2, 0) is 20.0 Å². The largest absolute Gasteiger partial charge is 0.493 e. The number of benzene rings is 1. The van der Waals surface area contributed by atoms with Gasteiger partial charge in [-0.1, -0.05) is 12.1 Å². The molecule has 0 saturated heterocycles. The van der Waals surface area contributed by atoms with Crippen molar-refractivity contribution in [3.63, 3.8) is 0 Å². The highest BCUT2D eigenvalue weighted by atomic mass is 16.5. The fourth-order valence-corrected chi connectivity index (χ4v) is 2.93. The quantitative estimate of drug-likeness (QED) is 0.405. The van der Waals surface area contributed by atoms with Gasteiger partial charge in [-0.2, -0.15) is 5.10 Å². The number of nitrogens with one attached hydrogen (secondary N) is 2. The highest BCUT2D eigenvalue weighted by Gasteiger charge is 2.22. The maximum absolute atomic E-state index is 6.05. The molecular weight excluding hydrogens is 338 g/mol. The van der Waals surface area contributed by atoms with Gasteiger partial charge < -0.3 is 15.4 Å². The second-order valence-electron chi connectivity index (χ2n) is 7.34. The van der Waals surface area contributed by atoms with Crippen LogP contribution in [0.15, 0.2) is 35.6 Å². The summed E-state index contributed by atoms with van der Waals surface area (Å²) in [5, 5.41) is 11.0. The number of aromatic nitrogens is 2. The zero-order chi connectivity index (χ0) is 19.1. The molecule has 6 heteroatoms. The summed E-state index contributed by atoms with van der Waals surface area (Å²) in [6.07, 6.45) is 8.63. The van der Waals surface area contributed by atoms with Crippen molar-refractivity contribution >= 4 is 5.96 Å². The summed E-state index contributed by atoms with van der Waals surface area (Å²) < 4.78 is 7.89. The lowest BCUT2D eigenvalue weighted by Gasteiger charge is -2.15. The summed E-state index contributed by atoms with van der Waals surface area (Å²) in [4.78, 5) is 4.32. The SMILES string of the molecule is CN=C(NCCCc1cnn(C)c1)NCc1ccc(C)cc1OCC1CC1. The van der Waals surface area contributed by atoms with E-state index >= 15 is 0 Å². The summed E-state index contributed by atoms with van der Waals surface area (Å²) in [5.41, 5.74) is 3.65. The van der Waals surface area contributed by atoms with Gasteiger partial charge in [0.05, 0.1) is 12.8 Å². The number of guanidine groups is 1. The van der Waals surface area contributed by atoms with Crippen molar-refractivity contribution in [1.82, 2.24) is 20.4 Å². The lowest BCUT2D eigenvalue weighted by atomic mass is 10.1. The van der Waals surface area contributed by atoms with Crippen molar-refractivity contribution in [1.29, 1.82) is 0 Å². The second kappa shape index (κ2) is 9.44. The maximum Gasteiger partial charge on any atom is 0.191 e. The Bertz CT molecular complexity index is 764. The number of aliphatic imine (C=N–C) groups is 1. The first kappa shape index (κ1) is 19.3. The van der Waals surface area contributed by atoms with Gasteiger partial charge >= 0.3 is 0 Å². The lowest BCUT2D eigenvalue weighted by Crippen LogP contribution is -2.37. The Labute approximate surface area is 162 Å². The summed E-state index contributed by atoms with van der Waals surface area (Å²) in [6.45, 7) is 4.50. The molecule has 1 saturated carbocycles.